The molecule has 0 aliphatic carbocycles. The van der Waals surface area contributed by atoms with Crippen molar-refractivity contribution >= 4 is 21.8 Å². The van der Waals surface area contributed by atoms with Gasteiger partial charge in [0.05, 0.1) is 11.1 Å². The lowest BCUT2D eigenvalue weighted by Gasteiger charge is -2.05. The highest BCUT2D eigenvalue weighted by Crippen LogP contribution is 2.20. The summed E-state index contributed by atoms with van der Waals surface area (Å²) in [5.74, 6) is -2.16. The summed E-state index contributed by atoms with van der Waals surface area (Å²) in [6.07, 6.45) is 0. The number of amides is 1. The van der Waals surface area contributed by atoms with Crippen LogP contribution >= 0.6 is 15.9 Å². The minimum Gasteiger partial charge on any atom is -0.383 e. The van der Waals surface area contributed by atoms with Crippen molar-refractivity contribution in [2.75, 3.05) is 20.3 Å². The van der Waals surface area contributed by atoms with Gasteiger partial charge < -0.3 is 10.1 Å². The van der Waals surface area contributed by atoms with Gasteiger partial charge in [0.1, 0.15) is 11.6 Å². The van der Waals surface area contributed by atoms with Crippen LogP contribution in [0.4, 0.5) is 8.78 Å². The number of carbonyl (C=O) groups excluding carboxylic acids is 1. The number of rotatable bonds is 4. The predicted molar refractivity (Wildman–Crippen MR) is 58.3 cm³/mol. The molecule has 0 aliphatic heterocycles. The zero-order valence-electron chi connectivity index (χ0n) is 8.52. The van der Waals surface area contributed by atoms with Crippen molar-refractivity contribution in [3.63, 3.8) is 0 Å². The Morgan fingerprint density at radius 1 is 1.44 bits per heavy atom. The molecule has 88 valence electrons. The van der Waals surface area contributed by atoms with Gasteiger partial charge in [0.15, 0.2) is 0 Å². The molecule has 1 aromatic rings. The largest absolute Gasteiger partial charge is 0.383 e. The van der Waals surface area contributed by atoms with E-state index < -0.39 is 17.5 Å². The highest BCUT2D eigenvalue weighted by atomic mass is 79.9. The number of benzene rings is 1. The zero-order chi connectivity index (χ0) is 12.1. The zero-order valence-corrected chi connectivity index (χ0v) is 10.1. The summed E-state index contributed by atoms with van der Waals surface area (Å²) in [4.78, 5) is 11.4. The van der Waals surface area contributed by atoms with Gasteiger partial charge in [0.2, 0.25) is 0 Å². The van der Waals surface area contributed by atoms with Crippen molar-refractivity contribution in [3.8, 4) is 0 Å². The molecule has 1 amide bonds. The van der Waals surface area contributed by atoms with Crippen LogP contribution < -0.4 is 5.32 Å². The molecule has 3 nitrogen and oxygen atoms in total. The molecule has 0 aliphatic rings. The Hall–Kier alpha value is -1.01. The van der Waals surface area contributed by atoms with Crippen molar-refractivity contribution in [1.29, 1.82) is 0 Å². The molecule has 0 radical (unpaired) electrons. The molecule has 0 saturated carbocycles. The van der Waals surface area contributed by atoms with Gasteiger partial charge in [-0.1, -0.05) is 0 Å². The van der Waals surface area contributed by atoms with Crippen LogP contribution in [0.3, 0.4) is 0 Å². The maximum Gasteiger partial charge on any atom is 0.251 e. The maximum atomic E-state index is 13.1. The second-order valence-corrected chi connectivity index (χ2v) is 3.80. The van der Waals surface area contributed by atoms with E-state index in [0.717, 1.165) is 12.1 Å². The number of hydrogen-bond donors (Lipinski definition) is 1. The van der Waals surface area contributed by atoms with Crippen molar-refractivity contribution in [2.24, 2.45) is 0 Å². The summed E-state index contributed by atoms with van der Waals surface area (Å²) in [5.41, 5.74) is -0.0608. The molecule has 0 atom stereocenters. The first kappa shape index (κ1) is 13.1. The quantitative estimate of drug-likeness (QED) is 0.682. The molecule has 16 heavy (non-hydrogen) atoms. The summed E-state index contributed by atoms with van der Waals surface area (Å²) >= 11 is 2.72. The van der Waals surface area contributed by atoms with Gasteiger partial charge in [-0.3, -0.25) is 4.79 Å². The van der Waals surface area contributed by atoms with E-state index >= 15 is 0 Å². The first-order chi connectivity index (χ1) is 7.56. The minimum absolute atomic E-state index is 0.0608. The standard InChI is InChI=1S/C10H10BrF2NO2/c1-16-3-2-14-10(15)6-4-7(12)9(11)8(13)5-6/h4-5H,2-3H2,1H3,(H,14,15). The summed E-state index contributed by atoms with van der Waals surface area (Å²) in [5, 5.41) is 2.46. The third-order valence-corrected chi connectivity index (χ3v) is 2.60. The van der Waals surface area contributed by atoms with Crippen LogP contribution in [0.5, 0.6) is 0 Å². The van der Waals surface area contributed by atoms with Crippen LogP contribution in [0.25, 0.3) is 0 Å². The minimum atomic E-state index is -0.808. The Balaban J connectivity index is 2.76. The van der Waals surface area contributed by atoms with Gasteiger partial charge in [-0.15, -0.1) is 0 Å². The van der Waals surface area contributed by atoms with Crippen molar-refractivity contribution in [3.05, 3.63) is 33.8 Å². The number of methoxy groups -OCH3 is 1. The van der Waals surface area contributed by atoms with E-state index in [2.05, 4.69) is 21.2 Å². The fourth-order valence-corrected chi connectivity index (χ4v) is 1.28. The molecular weight excluding hydrogens is 284 g/mol. The van der Waals surface area contributed by atoms with E-state index in [0.29, 0.717) is 6.61 Å². The van der Waals surface area contributed by atoms with E-state index in [-0.39, 0.29) is 16.6 Å². The van der Waals surface area contributed by atoms with Crippen LogP contribution in [-0.2, 0) is 4.74 Å². The first-order valence-corrected chi connectivity index (χ1v) is 5.27. The molecule has 6 heteroatoms. The average molecular weight is 294 g/mol. The van der Waals surface area contributed by atoms with Gasteiger partial charge in [0, 0.05) is 19.2 Å². The third kappa shape index (κ3) is 3.24. The lowest BCUT2D eigenvalue weighted by atomic mass is 10.2. The Morgan fingerprint density at radius 2 is 2.00 bits per heavy atom. The van der Waals surface area contributed by atoms with E-state index in [9.17, 15) is 13.6 Å². The van der Waals surface area contributed by atoms with Crippen LogP contribution in [0.1, 0.15) is 10.4 Å². The summed E-state index contributed by atoms with van der Waals surface area (Å²) in [6.45, 7) is 0.627. The SMILES string of the molecule is COCCNC(=O)c1cc(F)c(Br)c(F)c1. The molecule has 0 aromatic heterocycles. The van der Waals surface area contributed by atoms with Crippen LogP contribution in [0.15, 0.2) is 16.6 Å². The normalized spacial score (nSPS) is 10.2. The van der Waals surface area contributed by atoms with Gasteiger partial charge in [-0.05, 0) is 28.1 Å². The van der Waals surface area contributed by atoms with Gasteiger partial charge in [0.25, 0.3) is 5.91 Å². The van der Waals surface area contributed by atoms with Gasteiger partial charge in [-0.25, -0.2) is 8.78 Å². The molecule has 0 spiro atoms. The molecule has 1 N–H and O–H groups in total. The number of nitrogens with one attached hydrogen (secondary N) is 1. The smallest absolute Gasteiger partial charge is 0.251 e. The van der Waals surface area contributed by atoms with Crippen LogP contribution in [-0.4, -0.2) is 26.2 Å². The fraction of sp³-hybridized carbons (Fsp3) is 0.300. The number of hydrogen-bond acceptors (Lipinski definition) is 2. The monoisotopic (exact) mass is 293 g/mol. The van der Waals surface area contributed by atoms with E-state index in [1.807, 2.05) is 0 Å². The van der Waals surface area contributed by atoms with Crippen LogP contribution in [0.2, 0.25) is 0 Å². The first-order valence-electron chi connectivity index (χ1n) is 4.48. The number of carbonyl (C=O) groups is 1. The number of ether oxygens (including phenoxy) is 1. The molecule has 0 heterocycles. The highest BCUT2D eigenvalue weighted by molar-refractivity contribution is 9.10. The maximum absolute atomic E-state index is 13.1. The molecule has 1 rings (SSSR count). The van der Waals surface area contributed by atoms with E-state index in [1.165, 1.54) is 7.11 Å². The second kappa shape index (κ2) is 5.91. The summed E-state index contributed by atoms with van der Waals surface area (Å²) in [6, 6.07) is 1.94. The van der Waals surface area contributed by atoms with E-state index in [1.54, 1.807) is 0 Å². The third-order valence-electron chi connectivity index (χ3n) is 1.84. The van der Waals surface area contributed by atoms with Crippen molar-refractivity contribution in [1.82, 2.24) is 5.32 Å². The molecule has 0 unspecified atom stereocenters. The molecular formula is C10H10BrF2NO2. The highest BCUT2D eigenvalue weighted by Gasteiger charge is 2.12. The predicted octanol–water partition coefficient (Wildman–Crippen LogP) is 2.10. The van der Waals surface area contributed by atoms with Crippen LogP contribution in [0, 0.1) is 11.6 Å². The lowest BCUT2D eigenvalue weighted by molar-refractivity contribution is 0.0936. The van der Waals surface area contributed by atoms with Crippen molar-refractivity contribution < 1.29 is 18.3 Å². The van der Waals surface area contributed by atoms with Gasteiger partial charge >= 0.3 is 0 Å². The van der Waals surface area contributed by atoms with Gasteiger partial charge in [-0.2, -0.15) is 0 Å². The number of halogens is 3. The molecule has 0 saturated heterocycles. The second-order valence-electron chi connectivity index (χ2n) is 3.00. The molecule has 0 bridgehead atoms. The Morgan fingerprint density at radius 3 is 2.50 bits per heavy atom. The lowest BCUT2D eigenvalue weighted by Crippen LogP contribution is -2.27. The summed E-state index contributed by atoms with van der Waals surface area (Å²) < 4.78 is 30.6. The Labute approximate surface area is 99.9 Å². The van der Waals surface area contributed by atoms with Crippen molar-refractivity contribution in [2.45, 2.75) is 0 Å². The molecule has 0 fully saturated rings. The topological polar surface area (TPSA) is 38.3 Å². The average Bonchev–Trinajstić information content (AvgIpc) is 2.25. The Kier molecular flexibility index (Phi) is 4.82. The molecule has 1 aromatic carbocycles. The fourth-order valence-electron chi connectivity index (χ4n) is 1.06. The van der Waals surface area contributed by atoms with E-state index in [4.69, 9.17) is 4.74 Å². The summed E-state index contributed by atoms with van der Waals surface area (Å²) in [7, 11) is 1.49. The Bertz CT molecular complexity index is 375.